The first kappa shape index (κ1) is 18.3. The predicted molar refractivity (Wildman–Crippen MR) is 91.7 cm³/mol. The summed E-state index contributed by atoms with van der Waals surface area (Å²) < 4.78 is 24.6. The van der Waals surface area contributed by atoms with Gasteiger partial charge in [0.2, 0.25) is 0 Å². The van der Waals surface area contributed by atoms with Gasteiger partial charge in [0.05, 0.1) is 13.7 Å². The third-order valence-corrected chi connectivity index (χ3v) is 5.39. The molecule has 1 aliphatic heterocycles. The van der Waals surface area contributed by atoms with Crippen molar-refractivity contribution in [2.45, 2.75) is 37.0 Å². The molecule has 1 aromatic heterocycles. The number of aliphatic hydroxyl groups excluding tert-OH is 3. The number of thiophene rings is 1. The lowest BCUT2D eigenvalue weighted by Crippen LogP contribution is -2.53. The van der Waals surface area contributed by atoms with Crippen molar-refractivity contribution in [3.8, 4) is 5.75 Å². The van der Waals surface area contributed by atoms with Gasteiger partial charge in [-0.2, -0.15) is 0 Å². The van der Waals surface area contributed by atoms with Crippen molar-refractivity contribution in [1.82, 2.24) is 0 Å². The van der Waals surface area contributed by atoms with E-state index in [1.54, 1.807) is 13.2 Å². The lowest BCUT2D eigenvalue weighted by atomic mass is 9.91. The Bertz CT molecular complexity index is 687. The predicted octanol–water partition coefficient (Wildman–Crippen LogP) is 1.84. The molecule has 1 aromatic carbocycles. The van der Waals surface area contributed by atoms with Crippen molar-refractivity contribution in [1.29, 1.82) is 0 Å². The molecule has 25 heavy (non-hydrogen) atoms. The second-order valence-corrected chi connectivity index (χ2v) is 7.03. The van der Waals surface area contributed by atoms with Gasteiger partial charge in [0, 0.05) is 11.3 Å². The van der Waals surface area contributed by atoms with E-state index in [1.165, 1.54) is 11.3 Å². The molecule has 0 radical (unpaired) electrons. The quantitative estimate of drug-likeness (QED) is 0.751. The number of ether oxygens (including phenoxy) is 2. The van der Waals surface area contributed by atoms with Crippen LogP contribution in [0.15, 0.2) is 35.7 Å². The second kappa shape index (κ2) is 7.80. The molecule has 0 spiro atoms. The highest BCUT2D eigenvalue weighted by molar-refractivity contribution is 7.10. The van der Waals surface area contributed by atoms with Crippen LogP contribution < -0.4 is 4.74 Å². The van der Waals surface area contributed by atoms with Crippen LogP contribution in [-0.4, -0.2) is 53.5 Å². The van der Waals surface area contributed by atoms with Gasteiger partial charge in [0.25, 0.3) is 0 Å². The molecule has 0 bridgehead atoms. The monoisotopic (exact) mass is 368 g/mol. The molecule has 5 atom stereocenters. The molecule has 0 saturated carbocycles. The van der Waals surface area contributed by atoms with Gasteiger partial charge in [-0.05, 0) is 34.7 Å². The third kappa shape index (κ3) is 3.70. The van der Waals surface area contributed by atoms with Gasteiger partial charge >= 0.3 is 0 Å². The molecule has 2 aromatic rings. The molecule has 0 aliphatic carbocycles. The fraction of sp³-hybridized carbons (Fsp3) is 0.444. The first-order chi connectivity index (χ1) is 12.0. The first-order valence-electron chi connectivity index (χ1n) is 8.01. The van der Waals surface area contributed by atoms with Crippen molar-refractivity contribution < 1.29 is 29.2 Å². The number of benzene rings is 1. The van der Waals surface area contributed by atoms with Crippen LogP contribution in [0.5, 0.6) is 5.75 Å². The Kier molecular flexibility index (Phi) is 5.71. The van der Waals surface area contributed by atoms with E-state index in [4.69, 9.17) is 9.47 Å². The normalized spacial score (nSPS) is 29.6. The molecule has 3 rings (SSSR count). The Balaban J connectivity index is 1.82. The molecule has 1 unspecified atom stereocenters. The maximum Gasteiger partial charge on any atom is 0.157 e. The lowest BCUT2D eigenvalue weighted by molar-refractivity contribution is -0.214. The highest BCUT2D eigenvalue weighted by Gasteiger charge is 2.45. The van der Waals surface area contributed by atoms with Crippen LogP contribution in [0.3, 0.4) is 0 Å². The number of methoxy groups -OCH3 is 1. The zero-order chi connectivity index (χ0) is 18.0. The summed E-state index contributed by atoms with van der Waals surface area (Å²) in [6, 6.07) is 9.44. The summed E-state index contributed by atoms with van der Waals surface area (Å²) in [5.41, 5.74) is 1.76. The highest BCUT2D eigenvalue weighted by atomic mass is 32.1. The Morgan fingerprint density at radius 1 is 1.16 bits per heavy atom. The molecule has 0 amide bonds. The maximum atomic E-state index is 13.9. The standard InChI is InChI=1S/C18H21FO5S/c1-23-11-4-2-10(3-5-11)8-14-12(6-7-25-14)18-17(22)16(21)15(19)13(9-20)24-18/h2-7,13,15-18,20-22H,8-9H2,1H3/t13-,15-,16+,17-,18?/m1/s1. The van der Waals surface area contributed by atoms with Crippen molar-refractivity contribution in [3.63, 3.8) is 0 Å². The van der Waals surface area contributed by atoms with Crippen LogP contribution in [-0.2, 0) is 11.2 Å². The zero-order valence-electron chi connectivity index (χ0n) is 13.7. The highest BCUT2D eigenvalue weighted by Crippen LogP contribution is 2.37. The maximum absolute atomic E-state index is 13.9. The van der Waals surface area contributed by atoms with Crippen molar-refractivity contribution in [3.05, 3.63) is 51.7 Å². The molecule has 1 aliphatic rings. The van der Waals surface area contributed by atoms with Crippen molar-refractivity contribution >= 4 is 11.3 Å². The topological polar surface area (TPSA) is 79.2 Å². The molecule has 5 nitrogen and oxygen atoms in total. The molecule has 1 saturated heterocycles. The average Bonchev–Trinajstić information content (AvgIpc) is 3.08. The third-order valence-electron chi connectivity index (χ3n) is 4.45. The van der Waals surface area contributed by atoms with Gasteiger partial charge in [-0.25, -0.2) is 4.39 Å². The SMILES string of the molecule is COc1ccc(Cc2sccc2C2O[C@H](CO)[C@@H](F)[C@H](O)[C@H]2O)cc1. The fourth-order valence-electron chi connectivity index (χ4n) is 3.01. The van der Waals surface area contributed by atoms with E-state index in [1.807, 2.05) is 29.6 Å². The number of aliphatic hydroxyl groups is 3. The van der Waals surface area contributed by atoms with Crippen LogP contribution in [0.4, 0.5) is 4.39 Å². The average molecular weight is 368 g/mol. The van der Waals surface area contributed by atoms with Gasteiger partial charge in [-0.1, -0.05) is 12.1 Å². The summed E-state index contributed by atoms with van der Waals surface area (Å²) in [5.74, 6) is 0.768. The number of rotatable bonds is 5. The smallest absolute Gasteiger partial charge is 0.157 e. The Morgan fingerprint density at radius 3 is 2.52 bits per heavy atom. The lowest BCUT2D eigenvalue weighted by Gasteiger charge is -2.39. The molecule has 1 fully saturated rings. The largest absolute Gasteiger partial charge is 0.497 e. The van der Waals surface area contributed by atoms with Gasteiger partial charge in [-0.15, -0.1) is 11.3 Å². The summed E-state index contributed by atoms with van der Waals surface area (Å²) in [4.78, 5) is 0.954. The summed E-state index contributed by atoms with van der Waals surface area (Å²) >= 11 is 1.50. The summed E-state index contributed by atoms with van der Waals surface area (Å²) in [6.07, 6.45) is -6.22. The minimum absolute atomic E-state index is 0.556. The Hall–Kier alpha value is -1.51. The molecule has 2 heterocycles. The van der Waals surface area contributed by atoms with E-state index in [-0.39, 0.29) is 0 Å². The summed E-state index contributed by atoms with van der Waals surface area (Å²) in [7, 11) is 1.61. The molecule has 136 valence electrons. The number of halogens is 1. The molecule has 7 heteroatoms. The molecular formula is C18H21FO5S. The van der Waals surface area contributed by atoms with E-state index >= 15 is 0 Å². The Morgan fingerprint density at radius 2 is 1.88 bits per heavy atom. The first-order valence-corrected chi connectivity index (χ1v) is 8.88. The molecular weight excluding hydrogens is 347 g/mol. The number of alkyl halides is 1. The van der Waals surface area contributed by atoms with E-state index < -0.39 is 37.2 Å². The van der Waals surface area contributed by atoms with E-state index in [0.717, 1.165) is 16.2 Å². The number of hydrogen-bond acceptors (Lipinski definition) is 6. The van der Waals surface area contributed by atoms with Gasteiger partial charge < -0.3 is 24.8 Å². The Labute approximate surface area is 149 Å². The van der Waals surface area contributed by atoms with Gasteiger partial charge in [0.1, 0.15) is 30.2 Å². The van der Waals surface area contributed by atoms with E-state index in [2.05, 4.69) is 0 Å². The minimum Gasteiger partial charge on any atom is -0.497 e. The zero-order valence-corrected chi connectivity index (χ0v) is 14.5. The van der Waals surface area contributed by atoms with Crippen LogP contribution in [0.1, 0.15) is 22.1 Å². The van der Waals surface area contributed by atoms with Gasteiger partial charge in [0.15, 0.2) is 6.17 Å². The van der Waals surface area contributed by atoms with Crippen LogP contribution in [0.2, 0.25) is 0 Å². The van der Waals surface area contributed by atoms with Gasteiger partial charge in [-0.3, -0.25) is 0 Å². The number of hydrogen-bond donors (Lipinski definition) is 3. The van der Waals surface area contributed by atoms with Crippen molar-refractivity contribution in [2.24, 2.45) is 0 Å². The van der Waals surface area contributed by atoms with Crippen LogP contribution in [0, 0.1) is 0 Å². The van der Waals surface area contributed by atoms with Crippen LogP contribution >= 0.6 is 11.3 Å². The summed E-state index contributed by atoms with van der Waals surface area (Å²) in [6.45, 7) is -0.556. The van der Waals surface area contributed by atoms with E-state index in [9.17, 15) is 19.7 Å². The molecule has 3 N–H and O–H groups in total. The summed E-state index contributed by atoms with van der Waals surface area (Å²) in [5, 5.41) is 31.3. The van der Waals surface area contributed by atoms with Crippen LogP contribution in [0.25, 0.3) is 0 Å². The van der Waals surface area contributed by atoms with E-state index in [0.29, 0.717) is 12.0 Å². The minimum atomic E-state index is -1.82. The van der Waals surface area contributed by atoms with Crippen molar-refractivity contribution in [2.75, 3.05) is 13.7 Å². The fourth-order valence-corrected chi connectivity index (χ4v) is 3.96. The second-order valence-electron chi connectivity index (χ2n) is 6.03.